The Morgan fingerprint density at radius 3 is 2.39 bits per heavy atom. The average Bonchev–Trinajstić information content (AvgIpc) is 2.24. The van der Waals surface area contributed by atoms with E-state index in [2.05, 4.69) is 5.32 Å². The van der Waals surface area contributed by atoms with E-state index in [9.17, 15) is 13.2 Å². The Labute approximate surface area is 140 Å². The van der Waals surface area contributed by atoms with Crippen molar-refractivity contribution in [3.05, 3.63) is 35.9 Å². The van der Waals surface area contributed by atoms with Gasteiger partial charge in [-0.3, -0.25) is 9.35 Å². The van der Waals surface area contributed by atoms with Crippen molar-refractivity contribution >= 4 is 53.8 Å². The van der Waals surface area contributed by atoms with Crippen LogP contribution in [-0.4, -0.2) is 68.9 Å². The number of carbonyl (C=O) groups excluding carboxylic acids is 1. The molecule has 1 amide bonds. The molecule has 0 radical (unpaired) electrons. The number of rotatable bonds is 5. The SMILES string of the molecule is CC(=O)NCC(CS(=O)(=O)O)c1ccccc1.[Ca+2].[H-].[H-]. The van der Waals surface area contributed by atoms with E-state index in [4.69, 9.17) is 4.55 Å². The maximum absolute atomic E-state index is 10.9. The van der Waals surface area contributed by atoms with E-state index in [1.54, 1.807) is 24.3 Å². The van der Waals surface area contributed by atoms with Crippen LogP contribution in [0.2, 0.25) is 0 Å². The Morgan fingerprint density at radius 1 is 1.39 bits per heavy atom. The fraction of sp³-hybridized carbons (Fsp3) is 0.364. The van der Waals surface area contributed by atoms with Crippen molar-refractivity contribution in [3.63, 3.8) is 0 Å². The van der Waals surface area contributed by atoms with Crippen molar-refractivity contribution in [1.82, 2.24) is 5.32 Å². The quantitative estimate of drug-likeness (QED) is 0.617. The second kappa shape index (κ2) is 8.12. The van der Waals surface area contributed by atoms with E-state index < -0.39 is 21.8 Å². The maximum Gasteiger partial charge on any atom is 2.00 e. The third-order valence-corrected chi connectivity index (χ3v) is 3.10. The summed E-state index contributed by atoms with van der Waals surface area (Å²) in [6.07, 6.45) is 0. The summed E-state index contributed by atoms with van der Waals surface area (Å²) in [5.41, 5.74) is 0.763. The van der Waals surface area contributed by atoms with Gasteiger partial charge in [0, 0.05) is 19.4 Å². The summed E-state index contributed by atoms with van der Waals surface area (Å²) in [6.45, 7) is 1.54. The van der Waals surface area contributed by atoms with Crippen molar-refractivity contribution in [2.45, 2.75) is 12.8 Å². The Morgan fingerprint density at radius 2 is 1.94 bits per heavy atom. The number of carbonyl (C=O) groups is 1. The molecule has 0 aliphatic rings. The first-order chi connectivity index (χ1) is 7.88. The van der Waals surface area contributed by atoms with Crippen LogP contribution >= 0.6 is 0 Å². The zero-order valence-corrected chi connectivity index (χ0v) is 13.2. The molecular weight excluding hydrogens is 282 g/mol. The van der Waals surface area contributed by atoms with Gasteiger partial charge in [-0.15, -0.1) is 0 Å². The van der Waals surface area contributed by atoms with Crippen molar-refractivity contribution in [3.8, 4) is 0 Å². The van der Waals surface area contributed by atoms with E-state index in [1.807, 2.05) is 6.07 Å². The van der Waals surface area contributed by atoms with Crippen molar-refractivity contribution in [2.24, 2.45) is 0 Å². The molecule has 0 saturated carbocycles. The zero-order chi connectivity index (χ0) is 12.9. The fourth-order valence-electron chi connectivity index (χ4n) is 1.52. The molecule has 1 unspecified atom stereocenters. The van der Waals surface area contributed by atoms with Gasteiger partial charge in [0.1, 0.15) is 0 Å². The molecule has 0 fully saturated rings. The van der Waals surface area contributed by atoms with Crippen LogP contribution in [0.1, 0.15) is 21.3 Å². The van der Waals surface area contributed by atoms with Crippen molar-refractivity contribution in [2.75, 3.05) is 12.3 Å². The normalized spacial score (nSPS) is 12.3. The fourth-order valence-corrected chi connectivity index (χ4v) is 2.34. The molecule has 98 valence electrons. The number of benzene rings is 1. The van der Waals surface area contributed by atoms with Crippen molar-refractivity contribution < 1.29 is 20.6 Å². The second-order valence-corrected chi connectivity index (χ2v) is 5.29. The molecule has 0 aromatic heterocycles. The molecule has 0 heterocycles. The molecule has 1 rings (SSSR count). The van der Waals surface area contributed by atoms with Gasteiger partial charge in [-0.25, -0.2) is 0 Å². The summed E-state index contributed by atoms with van der Waals surface area (Å²) in [6, 6.07) is 8.89. The predicted molar refractivity (Wildman–Crippen MR) is 72.3 cm³/mol. The third kappa shape index (κ3) is 7.33. The topological polar surface area (TPSA) is 83.5 Å². The molecule has 0 saturated heterocycles. The molecule has 5 nitrogen and oxygen atoms in total. The van der Waals surface area contributed by atoms with Gasteiger partial charge in [-0.2, -0.15) is 8.42 Å². The third-order valence-electron chi connectivity index (χ3n) is 2.28. The molecule has 1 aromatic carbocycles. The van der Waals surface area contributed by atoms with Crippen LogP contribution in [0.5, 0.6) is 0 Å². The first-order valence-electron chi connectivity index (χ1n) is 5.13. The molecule has 7 heteroatoms. The van der Waals surface area contributed by atoms with Gasteiger partial charge in [0.05, 0.1) is 5.75 Å². The zero-order valence-electron chi connectivity index (χ0n) is 12.2. The molecular formula is C11H17CaNO4S. The Balaban J connectivity index is -0.000000963. The summed E-state index contributed by atoms with van der Waals surface area (Å²) in [5, 5.41) is 2.55. The first kappa shape index (κ1) is 17.9. The summed E-state index contributed by atoms with van der Waals surface area (Å²) in [4.78, 5) is 10.8. The molecule has 1 atom stereocenters. The Bertz CT molecular complexity index is 484. The number of nitrogens with one attached hydrogen (secondary N) is 1. The summed E-state index contributed by atoms with van der Waals surface area (Å²) < 4.78 is 30.7. The molecule has 0 aliphatic carbocycles. The van der Waals surface area contributed by atoms with Gasteiger partial charge in [0.25, 0.3) is 10.1 Å². The van der Waals surface area contributed by atoms with E-state index >= 15 is 0 Å². The van der Waals surface area contributed by atoms with Gasteiger partial charge in [-0.1, -0.05) is 30.3 Å². The van der Waals surface area contributed by atoms with Crippen LogP contribution in [0.3, 0.4) is 0 Å². The number of amides is 1. The van der Waals surface area contributed by atoms with Gasteiger partial charge < -0.3 is 8.17 Å². The molecule has 2 N–H and O–H groups in total. The van der Waals surface area contributed by atoms with Gasteiger partial charge in [0.2, 0.25) is 5.91 Å². The minimum atomic E-state index is -4.07. The Kier molecular flexibility index (Phi) is 8.05. The number of hydrogen-bond acceptors (Lipinski definition) is 3. The van der Waals surface area contributed by atoms with Crippen LogP contribution in [0.15, 0.2) is 30.3 Å². The van der Waals surface area contributed by atoms with Gasteiger partial charge in [0.15, 0.2) is 0 Å². The van der Waals surface area contributed by atoms with Crippen LogP contribution < -0.4 is 5.32 Å². The van der Waals surface area contributed by atoms with E-state index in [0.717, 1.165) is 5.56 Å². The Hall–Kier alpha value is -0.140. The summed E-state index contributed by atoms with van der Waals surface area (Å²) in [7, 11) is -4.07. The van der Waals surface area contributed by atoms with Crippen molar-refractivity contribution in [1.29, 1.82) is 0 Å². The first-order valence-corrected chi connectivity index (χ1v) is 6.74. The smallest absolute Gasteiger partial charge is 1.00 e. The standard InChI is InChI=1S/C11H15NO4S.Ca.2H/c1-9(13)12-7-11(8-17(14,15)16)10-5-3-2-4-6-10;;;/h2-6,11H,7-8H2,1H3,(H,12,13)(H,14,15,16);;;/q;+2;2*-1. The average molecular weight is 299 g/mol. The molecule has 0 spiro atoms. The molecule has 0 bridgehead atoms. The largest absolute Gasteiger partial charge is 2.00 e. The molecule has 0 aliphatic heterocycles. The minimum absolute atomic E-state index is 0. The second-order valence-electron chi connectivity index (χ2n) is 3.79. The van der Waals surface area contributed by atoms with Crippen LogP contribution in [0.25, 0.3) is 0 Å². The van der Waals surface area contributed by atoms with Gasteiger partial charge >= 0.3 is 37.7 Å². The van der Waals surface area contributed by atoms with Crippen LogP contribution in [-0.2, 0) is 14.9 Å². The molecule has 1 aromatic rings. The minimum Gasteiger partial charge on any atom is -1.00 e. The predicted octanol–water partition coefficient (Wildman–Crippen LogP) is 0.638. The summed E-state index contributed by atoms with van der Waals surface area (Å²) in [5.74, 6) is -1.09. The van der Waals surface area contributed by atoms with Crippen LogP contribution in [0.4, 0.5) is 0 Å². The number of hydrogen-bond donors (Lipinski definition) is 2. The van der Waals surface area contributed by atoms with E-state index in [0.29, 0.717) is 0 Å². The maximum atomic E-state index is 10.9. The van der Waals surface area contributed by atoms with E-state index in [1.165, 1.54) is 6.92 Å². The van der Waals surface area contributed by atoms with Gasteiger partial charge in [-0.05, 0) is 5.56 Å². The van der Waals surface area contributed by atoms with Crippen LogP contribution in [0, 0.1) is 0 Å². The van der Waals surface area contributed by atoms with E-state index in [-0.39, 0.29) is 53.0 Å². The monoisotopic (exact) mass is 299 g/mol. The molecule has 18 heavy (non-hydrogen) atoms. The summed E-state index contributed by atoms with van der Waals surface area (Å²) >= 11 is 0.